The van der Waals surface area contributed by atoms with E-state index in [1.165, 1.54) is 0 Å². The summed E-state index contributed by atoms with van der Waals surface area (Å²) in [6.07, 6.45) is 3.04. The first kappa shape index (κ1) is 20.9. The Hall–Kier alpha value is -2.93. The summed E-state index contributed by atoms with van der Waals surface area (Å²) in [5.41, 5.74) is 2.32. The molecule has 0 unspecified atom stereocenters. The Morgan fingerprint density at radius 3 is 2.44 bits per heavy atom. The van der Waals surface area contributed by atoms with E-state index in [0.29, 0.717) is 24.1 Å². The lowest BCUT2D eigenvalue weighted by Gasteiger charge is -2.47. The van der Waals surface area contributed by atoms with Gasteiger partial charge >= 0.3 is 0 Å². The Morgan fingerprint density at radius 1 is 0.969 bits per heavy atom. The molecule has 3 aliphatic heterocycles. The molecule has 2 aromatic rings. The van der Waals surface area contributed by atoms with Gasteiger partial charge in [0.25, 0.3) is 11.5 Å². The number of piperidine rings is 2. The number of hydrogen-bond donors (Lipinski definition) is 1. The van der Waals surface area contributed by atoms with Crippen LogP contribution in [0.1, 0.15) is 48.2 Å². The number of nitrogens with one attached hydrogen (secondary N) is 1. The monoisotopic (exact) mass is 434 g/mol. The van der Waals surface area contributed by atoms with Gasteiger partial charge in [0, 0.05) is 68.9 Å². The summed E-state index contributed by atoms with van der Waals surface area (Å²) in [6.45, 7) is 5.86. The van der Waals surface area contributed by atoms with Crippen LogP contribution in [-0.4, -0.2) is 58.4 Å². The van der Waals surface area contributed by atoms with Gasteiger partial charge in [0.1, 0.15) is 0 Å². The van der Waals surface area contributed by atoms with Gasteiger partial charge in [0.05, 0.1) is 5.69 Å². The molecule has 1 N–H and O–H groups in total. The van der Waals surface area contributed by atoms with E-state index in [0.717, 1.165) is 56.8 Å². The summed E-state index contributed by atoms with van der Waals surface area (Å²) in [7, 11) is 0. The van der Waals surface area contributed by atoms with E-state index in [1.807, 2.05) is 27.7 Å². The fraction of sp³-hybridized carbons (Fsp3) is 0.480. The number of nitrogens with zero attached hydrogens (tertiary/aromatic N) is 3. The molecule has 2 amide bonds. The van der Waals surface area contributed by atoms with Gasteiger partial charge in [-0.05, 0) is 43.4 Å². The van der Waals surface area contributed by atoms with E-state index < -0.39 is 0 Å². The van der Waals surface area contributed by atoms with Gasteiger partial charge in [-0.1, -0.05) is 18.2 Å². The number of amides is 2. The van der Waals surface area contributed by atoms with Gasteiger partial charge in [-0.2, -0.15) is 0 Å². The third-order valence-corrected chi connectivity index (χ3v) is 7.33. The maximum absolute atomic E-state index is 12.8. The zero-order valence-corrected chi connectivity index (χ0v) is 18.5. The number of hydrogen-bond acceptors (Lipinski definition) is 4. The Kier molecular flexibility index (Phi) is 5.59. The summed E-state index contributed by atoms with van der Waals surface area (Å²) in [5.74, 6) is 0.655. The van der Waals surface area contributed by atoms with Crippen LogP contribution in [-0.2, 0) is 11.3 Å². The Morgan fingerprint density at radius 2 is 1.72 bits per heavy atom. The lowest BCUT2D eigenvalue weighted by molar-refractivity contribution is -0.130. The first-order chi connectivity index (χ1) is 15.5. The summed E-state index contributed by atoms with van der Waals surface area (Å²) >= 11 is 0. The van der Waals surface area contributed by atoms with Crippen molar-refractivity contribution in [3.63, 3.8) is 0 Å². The van der Waals surface area contributed by atoms with Gasteiger partial charge in [-0.3, -0.25) is 19.3 Å². The van der Waals surface area contributed by atoms with Crippen molar-refractivity contribution in [1.29, 1.82) is 0 Å². The van der Waals surface area contributed by atoms with Crippen molar-refractivity contribution in [2.45, 2.75) is 44.7 Å². The Labute approximate surface area is 188 Å². The maximum atomic E-state index is 12.8. The maximum Gasteiger partial charge on any atom is 0.255 e. The third kappa shape index (κ3) is 3.97. The number of likely N-dealkylation sites (tertiary alicyclic amines) is 2. The van der Waals surface area contributed by atoms with Crippen LogP contribution in [0.4, 0.5) is 5.69 Å². The lowest BCUT2D eigenvalue weighted by atomic mass is 9.81. The minimum atomic E-state index is -0.154. The fourth-order valence-corrected chi connectivity index (χ4v) is 5.79. The molecule has 2 saturated heterocycles. The molecular formula is C25H30N4O3. The van der Waals surface area contributed by atoms with E-state index >= 15 is 0 Å². The molecule has 7 heteroatoms. The average molecular weight is 435 g/mol. The van der Waals surface area contributed by atoms with Crippen molar-refractivity contribution in [3.05, 3.63) is 64.1 Å². The predicted molar refractivity (Wildman–Crippen MR) is 123 cm³/mol. The van der Waals surface area contributed by atoms with Crippen molar-refractivity contribution in [3.8, 4) is 0 Å². The highest BCUT2D eigenvalue weighted by Gasteiger charge is 2.39. The standard InChI is InChI=1S/C25H30N4O3/c1-17(30)27-11-9-21(10-12-27)28-14-18-13-20(16-28)24-22(7-8-23(31)29(24)15-18)26-25(32)19-5-3-2-4-6-19/h2-8,18,20-21H,9-16H2,1H3,(H,26,32)/t18-,20+/m0/s1. The first-order valence-corrected chi connectivity index (χ1v) is 11.6. The summed E-state index contributed by atoms with van der Waals surface area (Å²) in [6, 6.07) is 13.0. The molecule has 1 aromatic heterocycles. The van der Waals surface area contributed by atoms with E-state index in [2.05, 4.69) is 10.2 Å². The third-order valence-electron chi connectivity index (χ3n) is 7.33. The fourth-order valence-electron chi connectivity index (χ4n) is 5.79. The number of pyridine rings is 1. The van der Waals surface area contributed by atoms with E-state index in [-0.39, 0.29) is 23.3 Å². The minimum absolute atomic E-state index is 0.00984. The molecule has 0 saturated carbocycles. The molecule has 0 aliphatic carbocycles. The van der Waals surface area contributed by atoms with Crippen molar-refractivity contribution < 1.29 is 9.59 Å². The number of aromatic nitrogens is 1. The highest BCUT2D eigenvalue weighted by atomic mass is 16.2. The Bertz CT molecular complexity index is 1070. The van der Waals surface area contributed by atoms with Gasteiger partial charge < -0.3 is 14.8 Å². The van der Waals surface area contributed by atoms with Crippen molar-refractivity contribution in [1.82, 2.24) is 14.4 Å². The second kappa shape index (κ2) is 8.54. The molecule has 168 valence electrons. The number of fused-ring (bicyclic) bond motifs is 4. The lowest BCUT2D eigenvalue weighted by Crippen LogP contribution is -2.53. The molecule has 3 aliphatic rings. The van der Waals surface area contributed by atoms with Crippen molar-refractivity contribution in [2.75, 3.05) is 31.5 Å². The topological polar surface area (TPSA) is 74.7 Å². The average Bonchev–Trinajstić information content (AvgIpc) is 2.81. The van der Waals surface area contributed by atoms with Crippen LogP contribution < -0.4 is 10.9 Å². The van der Waals surface area contributed by atoms with Gasteiger partial charge in [0.15, 0.2) is 0 Å². The predicted octanol–water partition coefficient (Wildman–Crippen LogP) is 2.53. The second-order valence-electron chi connectivity index (χ2n) is 9.39. The van der Waals surface area contributed by atoms with E-state index in [4.69, 9.17) is 0 Å². The molecule has 4 heterocycles. The largest absolute Gasteiger partial charge is 0.343 e. The van der Waals surface area contributed by atoms with E-state index in [9.17, 15) is 14.4 Å². The second-order valence-corrected chi connectivity index (χ2v) is 9.39. The van der Waals surface area contributed by atoms with Crippen LogP contribution >= 0.6 is 0 Å². The molecule has 0 spiro atoms. The SMILES string of the molecule is CC(=O)N1CCC(N2C[C@@H]3C[C@H](C2)c2c(NC(=O)c4ccccc4)ccc(=O)n2C3)CC1. The van der Waals surface area contributed by atoms with Crippen LogP contribution in [0.25, 0.3) is 0 Å². The molecule has 2 fully saturated rings. The first-order valence-electron chi connectivity index (χ1n) is 11.6. The molecule has 0 radical (unpaired) electrons. The number of anilines is 1. The molecule has 32 heavy (non-hydrogen) atoms. The van der Waals surface area contributed by atoms with Crippen LogP contribution in [0, 0.1) is 5.92 Å². The number of rotatable bonds is 3. The van der Waals surface area contributed by atoms with E-state index in [1.54, 1.807) is 31.2 Å². The van der Waals surface area contributed by atoms with Gasteiger partial charge in [-0.25, -0.2) is 0 Å². The Balaban J connectivity index is 1.38. The normalized spacial score (nSPS) is 23.5. The molecule has 7 nitrogen and oxygen atoms in total. The van der Waals surface area contributed by atoms with Crippen LogP contribution in [0.2, 0.25) is 0 Å². The summed E-state index contributed by atoms with van der Waals surface area (Å²) in [5, 5.41) is 3.07. The summed E-state index contributed by atoms with van der Waals surface area (Å²) in [4.78, 5) is 41.7. The van der Waals surface area contributed by atoms with Gasteiger partial charge in [-0.15, -0.1) is 0 Å². The number of carbonyl (C=O) groups is 2. The van der Waals surface area contributed by atoms with Crippen molar-refractivity contribution >= 4 is 17.5 Å². The molecule has 5 rings (SSSR count). The zero-order chi connectivity index (χ0) is 22.2. The highest BCUT2D eigenvalue weighted by molar-refractivity contribution is 6.04. The molecular weight excluding hydrogens is 404 g/mol. The smallest absolute Gasteiger partial charge is 0.255 e. The zero-order valence-electron chi connectivity index (χ0n) is 18.5. The molecule has 2 bridgehead atoms. The highest BCUT2D eigenvalue weighted by Crippen LogP contribution is 2.40. The summed E-state index contributed by atoms with van der Waals surface area (Å²) < 4.78 is 1.88. The quantitative estimate of drug-likeness (QED) is 0.806. The van der Waals surface area contributed by atoms with Crippen LogP contribution in [0.3, 0.4) is 0 Å². The molecule has 1 aromatic carbocycles. The minimum Gasteiger partial charge on any atom is -0.343 e. The number of benzene rings is 1. The number of carbonyl (C=O) groups excluding carboxylic acids is 2. The van der Waals surface area contributed by atoms with Crippen molar-refractivity contribution in [2.24, 2.45) is 5.92 Å². The molecule has 2 atom stereocenters. The van der Waals surface area contributed by atoms with Crippen LogP contribution in [0.5, 0.6) is 0 Å². The van der Waals surface area contributed by atoms with Gasteiger partial charge in [0.2, 0.25) is 5.91 Å². The van der Waals surface area contributed by atoms with Crippen LogP contribution in [0.15, 0.2) is 47.3 Å².